The van der Waals surface area contributed by atoms with Gasteiger partial charge in [-0.25, -0.2) is 0 Å². The highest BCUT2D eigenvalue weighted by atomic mass is 32.2. The van der Waals surface area contributed by atoms with Crippen LogP contribution in [0.15, 0.2) is 0 Å². The molecule has 0 radical (unpaired) electrons. The summed E-state index contributed by atoms with van der Waals surface area (Å²) >= 11 is 0. The van der Waals surface area contributed by atoms with Gasteiger partial charge in [-0.15, -0.1) is 0 Å². The van der Waals surface area contributed by atoms with Crippen molar-refractivity contribution in [1.29, 1.82) is 0 Å². The molecule has 1 aliphatic heterocycles. The van der Waals surface area contributed by atoms with Crippen LogP contribution in [0.3, 0.4) is 0 Å². The highest BCUT2D eigenvalue weighted by Gasteiger charge is 2.36. The Balaban J connectivity index is 2.55. The van der Waals surface area contributed by atoms with E-state index >= 15 is 0 Å². The maximum atomic E-state index is 11.8. The van der Waals surface area contributed by atoms with E-state index in [0.717, 1.165) is 6.26 Å². The molecule has 0 aromatic rings. The number of nitrogens with zero attached hydrogens (tertiary/aromatic N) is 1. The molecule has 0 saturated carbocycles. The molecule has 0 aromatic heterocycles. The SMILES string of the molecule is CC(C)(C)OC(=O)CN1CCC(OS(C)(=O)=O)C1=O. The van der Waals surface area contributed by atoms with Crippen LogP contribution in [0.4, 0.5) is 0 Å². The summed E-state index contributed by atoms with van der Waals surface area (Å²) in [5.41, 5.74) is -0.623. The molecule has 1 aliphatic rings. The van der Waals surface area contributed by atoms with Crippen LogP contribution in [0.1, 0.15) is 27.2 Å². The lowest BCUT2D eigenvalue weighted by Crippen LogP contribution is -2.38. The zero-order valence-corrected chi connectivity index (χ0v) is 12.3. The third kappa shape index (κ3) is 5.56. The molecule has 1 heterocycles. The maximum Gasteiger partial charge on any atom is 0.326 e. The normalized spacial score (nSPS) is 20.7. The molecule has 1 fully saturated rings. The lowest BCUT2D eigenvalue weighted by atomic mass is 10.2. The van der Waals surface area contributed by atoms with Crippen molar-refractivity contribution >= 4 is 22.0 Å². The molecule has 1 unspecified atom stereocenters. The molecule has 0 aromatic carbocycles. The van der Waals surface area contributed by atoms with E-state index in [1.807, 2.05) is 0 Å². The molecular weight excluding hydrogens is 274 g/mol. The third-order valence-corrected chi connectivity index (χ3v) is 2.86. The van der Waals surface area contributed by atoms with Crippen molar-refractivity contribution in [1.82, 2.24) is 4.90 Å². The van der Waals surface area contributed by atoms with Crippen LogP contribution >= 0.6 is 0 Å². The highest BCUT2D eigenvalue weighted by molar-refractivity contribution is 7.86. The van der Waals surface area contributed by atoms with Gasteiger partial charge in [0.25, 0.3) is 16.0 Å². The second-order valence-corrected chi connectivity index (χ2v) is 7.02. The average Bonchev–Trinajstić information content (AvgIpc) is 2.44. The second kappa shape index (κ2) is 5.46. The molecule has 0 bridgehead atoms. The number of rotatable bonds is 4. The quantitative estimate of drug-likeness (QED) is 0.531. The Labute approximate surface area is 113 Å². The first-order valence-corrected chi connectivity index (χ1v) is 7.68. The third-order valence-electron chi connectivity index (χ3n) is 2.28. The molecular formula is C11H19NO6S. The Morgan fingerprint density at radius 3 is 2.47 bits per heavy atom. The number of carbonyl (C=O) groups excluding carboxylic acids is 2. The van der Waals surface area contributed by atoms with Crippen molar-refractivity contribution in [3.63, 3.8) is 0 Å². The Kier molecular flexibility index (Phi) is 4.57. The van der Waals surface area contributed by atoms with Crippen LogP contribution < -0.4 is 0 Å². The van der Waals surface area contributed by atoms with E-state index in [0.29, 0.717) is 0 Å². The fourth-order valence-corrected chi connectivity index (χ4v) is 2.30. The van der Waals surface area contributed by atoms with Crippen molar-refractivity contribution in [2.45, 2.75) is 38.9 Å². The molecule has 8 heteroatoms. The van der Waals surface area contributed by atoms with E-state index in [1.165, 1.54) is 4.90 Å². The summed E-state index contributed by atoms with van der Waals surface area (Å²) in [7, 11) is -3.68. The second-order valence-electron chi connectivity index (χ2n) is 5.42. The van der Waals surface area contributed by atoms with Gasteiger partial charge in [-0.1, -0.05) is 0 Å². The zero-order valence-electron chi connectivity index (χ0n) is 11.5. The first kappa shape index (κ1) is 15.9. The number of hydrogen-bond acceptors (Lipinski definition) is 6. The van der Waals surface area contributed by atoms with Crippen LogP contribution in [0.5, 0.6) is 0 Å². The number of carbonyl (C=O) groups is 2. The van der Waals surface area contributed by atoms with Crippen molar-refractivity contribution in [2.75, 3.05) is 19.3 Å². The molecule has 110 valence electrons. The van der Waals surface area contributed by atoms with Gasteiger partial charge >= 0.3 is 5.97 Å². The predicted octanol–water partition coefficient (Wildman–Crippen LogP) is -0.0948. The van der Waals surface area contributed by atoms with Crippen molar-refractivity contribution < 1.29 is 26.9 Å². The van der Waals surface area contributed by atoms with E-state index in [9.17, 15) is 18.0 Å². The molecule has 1 atom stereocenters. The van der Waals surface area contributed by atoms with Crippen LogP contribution in [-0.4, -0.2) is 56.2 Å². The summed E-state index contributed by atoms with van der Waals surface area (Å²) in [5, 5.41) is 0. The Bertz CT molecular complexity index is 464. The maximum absolute atomic E-state index is 11.8. The molecule has 1 amide bonds. The van der Waals surface area contributed by atoms with Crippen molar-refractivity contribution in [2.24, 2.45) is 0 Å². The summed E-state index contributed by atoms with van der Waals surface area (Å²) in [4.78, 5) is 24.6. The first-order valence-electron chi connectivity index (χ1n) is 5.87. The largest absolute Gasteiger partial charge is 0.459 e. The fraction of sp³-hybridized carbons (Fsp3) is 0.818. The van der Waals surface area contributed by atoms with E-state index in [4.69, 9.17) is 4.74 Å². The predicted molar refractivity (Wildman–Crippen MR) is 66.8 cm³/mol. The summed E-state index contributed by atoms with van der Waals surface area (Å²) in [6.45, 7) is 5.27. The summed E-state index contributed by atoms with van der Waals surface area (Å²) in [5.74, 6) is -1.03. The summed E-state index contributed by atoms with van der Waals surface area (Å²) in [6.07, 6.45) is 0.100. The summed E-state index contributed by atoms with van der Waals surface area (Å²) in [6, 6.07) is 0. The molecule has 1 saturated heterocycles. The van der Waals surface area contributed by atoms with E-state index in [-0.39, 0.29) is 19.5 Å². The van der Waals surface area contributed by atoms with Crippen LogP contribution in [0.2, 0.25) is 0 Å². The van der Waals surface area contributed by atoms with Gasteiger partial charge in [0.1, 0.15) is 12.1 Å². The topological polar surface area (TPSA) is 90.0 Å². The Morgan fingerprint density at radius 2 is 2.00 bits per heavy atom. The minimum absolute atomic E-state index is 0.195. The van der Waals surface area contributed by atoms with E-state index < -0.39 is 33.7 Å². The van der Waals surface area contributed by atoms with Gasteiger partial charge in [0, 0.05) is 13.0 Å². The molecule has 1 rings (SSSR count). The van der Waals surface area contributed by atoms with Gasteiger partial charge in [-0.3, -0.25) is 13.8 Å². The highest BCUT2D eigenvalue weighted by Crippen LogP contribution is 2.17. The first-order chi connectivity index (χ1) is 8.48. The van der Waals surface area contributed by atoms with Gasteiger partial charge < -0.3 is 9.64 Å². The summed E-state index contributed by atoms with van der Waals surface area (Å²) < 4.78 is 31.7. The number of ether oxygens (including phenoxy) is 1. The Morgan fingerprint density at radius 1 is 1.42 bits per heavy atom. The van der Waals surface area contributed by atoms with Crippen LogP contribution in [0, 0.1) is 0 Å². The van der Waals surface area contributed by atoms with Gasteiger partial charge in [-0.2, -0.15) is 8.42 Å². The standard InChI is InChI=1S/C11H19NO6S/c1-11(2,3)17-9(13)7-12-6-5-8(10(12)14)18-19(4,15)16/h8H,5-7H2,1-4H3. The monoisotopic (exact) mass is 293 g/mol. The van der Waals surface area contributed by atoms with Gasteiger partial charge in [0.15, 0.2) is 6.10 Å². The van der Waals surface area contributed by atoms with Gasteiger partial charge in [0.2, 0.25) is 0 Å². The number of amides is 1. The number of esters is 1. The average molecular weight is 293 g/mol. The minimum atomic E-state index is -3.68. The molecule has 0 aliphatic carbocycles. The van der Waals surface area contributed by atoms with Crippen LogP contribution in [0.25, 0.3) is 0 Å². The van der Waals surface area contributed by atoms with Gasteiger partial charge in [0.05, 0.1) is 6.26 Å². The smallest absolute Gasteiger partial charge is 0.326 e. The van der Waals surface area contributed by atoms with Crippen LogP contribution in [-0.2, 0) is 28.6 Å². The Hall–Kier alpha value is -1.15. The fourth-order valence-electron chi connectivity index (χ4n) is 1.70. The molecule has 0 spiro atoms. The van der Waals surface area contributed by atoms with Gasteiger partial charge in [-0.05, 0) is 20.8 Å². The number of likely N-dealkylation sites (tertiary alicyclic amines) is 1. The van der Waals surface area contributed by atoms with E-state index in [2.05, 4.69) is 4.18 Å². The number of hydrogen-bond donors (Lipinski definition) is 0. The van der Waals surface area contributed by atoms with Crippen molar-refractivity contribution in [3.8, 4) is 0 Å². The lowest BCUT2D eigenvalue weighted by Gasteiger charge is -2.22. The molecule has 19 heavy (non-hydrogen) atoms. The van der Waals surface area contributed by atoms with E-state index in [1.54, 1.807) is 20.8 Å². The molecule has 0 N–H and O–H groups in total. The van der Waals surface area contributed by atoms with Crippen molar-refractivity contribution in [3.05, 3.63) is 0 Å². The zero-order chi connectivity index (χ0) is 14.8. The minimum Gasteiger partial charge on any atom is -0.459 e. The lowest BCUT2D eigenvalue weighted by molar-refractivity contribution is -0.158. The molecule has 7 nitrogen and oxygen atoms in total.